The third kappa shape index (κ3) is 4.97. The Hall–Kier alpha value is -1.68. The molecule has 0 aromatic heterocycles. The highest BCUT2D eigenvalue weighted by atomic mass is 16.2. The Morgan fingerprint density at radius 3 is 2.43 bits per heavy atom. The molecule has 1 atom stereocenters. The van der Waals surface area contributed by atoms with Crippen molar-refractivity contribution in [2.45, 2.75) is 58.0 Å². The summed E-state index contributed by atoms with van der Waals surface area (Å²) in [5.74, 6) is -0.0898. The summed E-state index contributed by atoms with van der Waals surface area (Å²) in [7, 11) is 0. The quantitative estimate of drug-likeness (QED) is 0.645. The molecular weight excluding hydrogens is 262 g/mol. The molecule has 0 radical (unpaired) electrons. The number of benzene rings is 1. The van der Waals surface area contributed by atoms with Gasteiger partial charge in [-0.15, -0.1) is 0 Å². The number of carbonyl (C=O) groups excluding carboxylic acids is 1. The summed E-state index contributed by atoms with van der Waals surface area (Å²) in [5.41, 5.74) is 4.49. The van der Waals surface area contributed by atoms with Gasteiger partial charge in [0.15, 0.2) is 0 Å². The molecule has 1 saturated carbocycles. The Morgan fingerprint density at radius 2 is 1.81 bits per heavy atom. The first kappa shape index (κ1) is 15.7. The van der Waals surface area contributed by atoms with Crippen LogP contribution in [0.3, 0.4) is 0 Å². The van der Waals surface area contributed by atoms with E-state index in [9.17, 15) is 4.79 Å². The van der Waals surface area contributed by atoms with Gasteiger partial charge in [0, 0.05) is 11.8 Å². The van der Waals surface area contributed by atoms with E-state index in [1.165, 1.54) is 19.3 Å². The summed E-state index contributed by atoms with van der Waals surface area (Å²) in [6, 6.07) is 9.95. The highest BCUT2D eigenvalue weighted by Crippen LogP contribution is 2.21. The molecule has 1 aromatic rings. The van der Waals surface area contributed by atoms with Crippen LogP contribution in [0.2, 0.25) is 0 Å². The number of hydrogen-bond donors (Lipinski definition) is 2. The van der Waals surface area contributed by atoms with Crippen LogP contribution in [0, 0.1) is 0 Å². The lowest BCUT2D eigenvalue weighted by atomic mass is 9.94. The van der Waals surface area contributed by atoms with E-state index in [2.05, 4.69) is 15.8 Å². The van der Waals surface area contributed by atoms with Gasteiger partial charge in [-0.05, 0) is 32.3 Å². The van der Waals surface area contributed by atoms with Crippen molar-refractivity contribution in [3.8, 4) is 0 Å². The normalized spacial score (nSPS) is 17.0. The summed E-state index contributed by atoms with van der Waals surface area (Å²) in [5, 5.41) is 7.56. The van der Waals surface area contributed by atoms with Crippen molar-refractivity contribution in [1.29, 1.82) is 0 Å². The first-order chi connectivity index (χ1) is 10.2. The predicted octanol–water partition coefficient (Wildman–Crippen LogP) is 3.16. The molecular formula is C17H25N3O. The van der Waals surface area contributed by atoms with E-state index in [0.29, 0.717) is 6.04 Å². The fraction of sp³-hybridized carbons (Fsp3) is 0.529. The second-order valence-electron chi connectivity index (χ2n) is 5.88. The monoisotopic (exact) mass is 287 g/mol. The molecule has 2 N–H and O–H groups in total. The molecule has 4 nitrogen and oxygen atoms in total. The molecule has 1 aliphatic carbocycles. The van der Waals surface area contributed by atoms with Crippen LogP contribution < -0.4 is 10.7 Å². The number of hydrazone groups is 1. The molecule has 0 bridgehead atoms. The zero-order valence-corrected chi connectivity index (χ0v) is 12.9. The van der Waals surface area contributed by atoms with Crippen LogP contribution in [0.25, 0.3) is 0 Å². The Bertz CT molecular complexity index is 474. The smallest absolute Gasteiger partial charge is 0.261 e. The zero-order valence-electron chi connectivity index (χ0n) is 12.9. The Morgan fingerprint density at radius 1 is 1.14 bits per heavy atom. The van der Waals surface area contributed by atoms with Gasteiger partial charge in [0.1, 0.15) is 6.04 Å². The Labute approximate surface area is 127 Å². The summed E-state index contributed by atoms with van der Waals surface area (Å²) < 4.78 is 0. The average molecular weight is 287 g/mol. The number of carbonyl (C=O) groups is 1. The highest BCUT2D eigenvalue weighted by molar-refractivity contribution is 5.86. The van der Waals surface area contributed by atoms with E-state index < -0.39 is 0 Å². The van der Waals surface area contributed by atoms with E-state index in [1.807, 2.05) is 44.2 Å². The van der Waals surface area contributed by atoms with Gasteiger partial charge < -0.3 is 0 Å². The van der Waals surface area contributed by atoms with Crippen molar-refractivity contribution in [3.63, 3.8) is 0 Å². The third-order valence-electron chi connectivity index (χ3n) is 3.79. The van der Waals surface area contributed by atoms with Crippen molar-refractivity contribution in [2.75, 3.05) is 0 Å². The Balaban J connectivity index is 2.09. The maximum atomic E-state index is 12.4. The second-order valence-corrected chi connectivity index (χ2v) is 5.88. The lowest BCUT2D eigenvalue weighted by Gasteiger charge is -2.27. The molecule has 1 amide bonds. The van der Waals surface area contributed by atoms with Crippen LogP contribution in [0.15, 0.2) is 35.4 Å². The van der Waals surface area contributed by atoms with E-state index in [-0.39, 0.29) is 11.9 Å². The lowest BCUT2D eigenvalue weighted by Crippen LogP contribution is -2.42. The van der Waals surface area contributed by atoms with Gasteiger partial charge >= 0.3 is 0 Å². The largest absolute Gasteiger partial charge is 0.299 e. The van der Waals surface area contributed by atoms with Gasteiger partial charge in [0.2, 0.25) is 0 Å². The van der Waals surface area contributed by atoms with Gasteiger partial charge in [-0.25, -0.2) is 5.43 Å². The van der Waals surface area contributed by atoms with E-state index in [0.717, 1.165) is 24.1 Å². The second kappa shape index (κ2) is 7.93. The molecule has 0 spiro atoms. The third-order valence-corrected chi connectivity index (χ3v) is 3.79. The Kier molecular flexibility index (Phi) is 5.93. The van der Waals surface area contributed by atoms with E-state index in [4.69, 9.17) is 0 Å². The molecule has 114 valence electrons. The first-order valence-corrected chi connectivity index (χ1v) is 7.78. The van der Waals surface area contributed by atoms with Crippen LogP contribution in [0.5, 0.6) is 0 Å². The van der Waals surface area contributed by atoms with Crippen molar-refractivity contribution < 1.29 is 4.79 Å². The molecule has 4 heteroatoms. The number of rotatable bonds is 5. The minimum absolute atomic E-state index is 0.0898. The van der Waals surface area contributed by atoms with Crippen molar-refractivity contribution in [2.24, 2.45) is 5.10 Å². The average Bonchev–Trinajstić information content (AvgIpc) is 2.52. The SMILES string of the molecule is CC(C)=NNC(=O)[C@H](NC1CCCCC1)c1ccccc1. The van der Waals surface area contributed by atoms with Gasteiger partial charge in [0.25, 0.3) is 5.91 Å². The molecule has 0 saturated heterocycles. The molecule has 1 aromatic carbocycles. The summed E-state index contributed by atoms with van der Waals surface area (Å²) in [4.78, 5) is 12.4. The van der Waals surface area contributed by atoms with E-state index >= 15 is 0 Å². The van der Waals surface area contributed by atoms with Crippen LogP contribution in [0.1, 0.15) is 57.6 Å². The molecule has 0 aliphatic heterocycles. The van der Waals surface area contributed by atoms with Crippen LogP contribution >= 0.6 is 0 Å². The number of nitrogens with zero attached hydrogens (tertiary/aromatic N) is 1. The van der Waals surface area contributed by atoms with Crippen LogP contribution in [-0.4, -0.2) is 17.7 Å². The molecule has 0 unspecified atom stereocenters. The molecule has 0 heterocycles. The summed E-state index contributed by atoms with van der Waals surface area (Å²) in [6.45, 7) is 3.73. The van der Waals surface area contributed by atoms with Gasteiger partial charge in [-0.1, -0.05) is 49.6 Å². The lowest BCUT2D eigenvalue weighted by molar-refractivity contribution is -0.123. The molecule has 2 rings (SSSR count). The number of hydrogen-bond acceptors (Lipinski definition) is 3. The fourth-order valence-electron chi connectivity index (χ4n) is 2.71. The number of nitrogens with one attached hydrogen (secondary N) is 2. The fourth-order valence-corrected chi connectivity index (χ4v) is 2.71. The molecule has 1 aliphatic rings. The van der Waals surface area contributed by atoms with Crippen molar-refractivity contribution >= 4 is 11.6 Å². The first-order valence-electron chi connectivity index (χ1n) is 7.78. The number of amides is 1. The minimum atomic E-state index is -0.336. The van der Waals surface area contributed by atoms with Gasteiger partial charge in [0.05, 0.1) is 0 Å². The maximum absolute atomic E-state index is 12.4. The van der Waals surface area contributed by atoms with Crippen molar-refractivity contribution in [1.82, 2.24) is 10.7 Å². The minimum Gasteiger partial charge on any atom is -0.299 e. The van der Waals surface area contributed by atoms with E-state index in [1.54, 1.807) is 0 Å². The zero-order chi connectivity index (χ0) is 15.1. The van der Waals surface area contributed by atoms with Crippen molar-refractivity contribution in [3.05, 3.63) is 35.9 Å². The van der Waals surface area contributed by atoms with Crippen LogP contribution in [-0.2, 0) is 4.79 Å². The van der Waals surface area contributed by atoms with Gasteiger partial charge in [-0.2, -0.15) is 5.10 Å². The summed E-state index contributed by atoms with van der Waals surface area (Å²) >= 11 is 0. The predicted molar refractivity (Wildman–Crippen MR) is 86.1 cm³/mol. The molecule has 1 fully saturated rings. The van der Waals surface area contributed by atoms with Crippen LogP contribution in [0.4, 0.5) is 0 Å². The highest BCUT2D eigenvalue weighted by Gasteiger charge is 2.24. The topological polar surface area (TPSA) is 53.5 Å². The molecule has 21 heavy (non-hydrogen) atoms. The van der Waals surface area contributed by atoms with Gasteiger partial charge in [-0.3, -0.25) is 10.1 Å². The summed E-state index contributed by atoms with van der Waals surface area (Å²) in [6.07, 6.45) is 6.08. The standard InChI is InChI=1S/C17H25N3O/c1-13(2)19-20-17(21)16(14-9-5-3-6-10-14)18-15-11-7-4-8-12-15/h3,5-6,9-10,15-16,18H,4,7-8,11-12H2,1-2H3,(H,20,21)/t16-/m1/s1. The maximum Gasteiger partial charge on any atom is 0.261 e.